The molecule has 0 aromatic heterocycles. The van der Waals surface area contributed by atoms with Gasteiger partial charge in [-0.1, -0.05) is 60.7 Å². The second-order valence-electron chi connectivity index (χ2n) is 12.1. The number of carbonyl (C=O) groups is 7. The monoisotopic (exact) mass is 742 g/mol. The number of amides is 2. The van der Waals surface area contributed by atoms with Crippen LogP contribution in [-0.2, 0) is 75.1 Å². The van der Waals surface area contributed by atoms with Crippen molar-refractivity contribution in [2.24, 2.45) is 0 Å². The number of hydrazine groups is 1. The molecule has 53 heavy (non-hydrogen) atoms. The molecule has 2 aliphatic heterocycles. The quantitative estimate of drug-likeness (QED) is 0.226. The number of benzene rings is 2. The fraction of sp³-hybridized carbons (Fsp3) is 0.472. The van der Waals surface area contributed by atoms with Crippen molar-refractivity contribution < 1.29 is 71.5 Å². The van der Waals surface area contributed by atoms with E-state index in [9.17, 15) is 33.6 Å². The summed E-state index contributed by atoms with van der Waals surface area (Å²) in [6.45, 7) is 3.97. The smallest absolute Gasteiger partial charge is 0.431 e. The highest BCUT2D eigenvalue weighted by atomic mass is 16.7. The molecule has 2 aromatic rings. The van der Waals surface area contributed by atoms with Crippen molar-refractivity contribution in [3.8, 4) is 0 Å². The molecule has 0 bridgehead atoms. The van der Waals surface area contributed by atoms with E-state index in [-0.39, 0.29) is 32.5 Å². The van der Waals surface area contributed by atoms with Gasteiger partial charge in [-0.25, -0.2) is 14.4 Å². The number of methoxy groups -OCH3 is 1. The SMILES string of the molecule is COC(=O)[C@@H]1CC[C@H](O[C@@H]2O[C@H](CC(C)=O)[C@@H](OC(C)=O)[C@H](OC(C)=O)[C@H]2OC(C)=O)N(C(=O)OCc2ccccc2)N1C(=O)OCc1ccccc1. The minimum atomic E-state index is -1.72. The lowest BCUT2D eigenvalue weighted by atomic mass is 9.94. The molecule has 2 aromatic carbocycles. The topological polar surface area (TPSA) is 200 Å². The highest BCUT2D eigenvalue weighted by Crippen LogP contribution is 2.35. The van der Waals surface area contributed by atoms with Gasteiger partial charge < -0.3 is 37.9 Å². The Balaban J connectivity index is 1.76. The average Bonchev–Trinajstić information content (AvgIpc) is 3.12. The Hall–Kier alpha value is -5.55. The molecule has 0 saturated carbocycles. The van der Waals surface area contributed by atoms with Crippen LogP contribution < -0.4 is 0 Å². The van der Waals surface area contributed by atoms with Gasteiger partial charge in [0.15, 0.2) is 30.6 Å². The third kappa shape index (κ3) is 11.0. The number of nitrogens with zero attached hydrogens (tertiary/aromatic N) is 2. The van der Waals surface area contributed by atoms with Gasteiger partial charge in [-0.05, 0) is 30.9 Å². The number of hydrogen-bond donors (Lipinski definition) is 0. The molecule has 17 heteroatoms. The van der Waals surface area contributed by atoms with Crippen molar-refractivity contribution in [3.05, 3.63) is 71.8 Å². The first-order chi connectivity index (χ1) is 25.3. The molecule has 286 valence electrons. The van der Waals surface area contributed by atoms with E-state index in [2.05, 4.69) is 0 Å². The lowest BCUT2D eigenvalue weighted by molar-refractivity contribution is -0.333. The molecule has 4 rings (SSSR count). The van der Waals surface area contributed by atoms with Crippen molar-refractivity contribution in [2.45, 2.75) is 103 Å². The summed E-state index contributed by atoms with van der Waals surface area (Å²) in [7, 11) is 1.11. The summed E-state index contributed by atoms with van der Waals surface area (Å²) in [5.41, 5.74) is 1.20. The summed E-state index contributed by atoms with van der Waals surface area (Å²) in [6.07, 6.45) is -12.1. The van der Waals surface area contributed by atoms with E-state index in [1.54, 1.807) is 60.7 Å². The van der Waals surface area contributed by atoms with E-state index in [1.807, 2.05) is 0 Å². The van der Waals surface area contributed by atoms with Crippen LogP contribution in [0.4, 0.5) is 9.59 Å². The summed E-state index contributed by atoms with van der Waals surface area (Å²) >= 11 is 0. The molecule has 2 fully saturated rings. The molecule has 7 atom stereocenters. The first-order valence-corrected chi connectivity index (χ1v) is 16.7. The Morgan fingerprint density at radius 2 is 1.15 bits per heavy atom. The van der Waals surface area contributed by atoms with E-state index < -0.39 is 84.8 Å². The Bertz CT molecular complexity index is 1620. The summed E-state index contributed by atoms with van der Waals surface area (Å²) < 4.78 is 44.9. The minimum Gasteiger partial charge on any atom is -0.467 e. The molecular weight excluding hydrogens is 700 g/mol. The van der Waals surface area contributed by atoms with Crippen LogP contribution in [0, 0.1) is 0 Å². The zero-order chi connectivity index (χ0) is 38.7. The zero-order valence-electron chi connectivity index (χ0n) is 29.9. The van der Waals surface area contributed by atoms with Gasteiger partial charge in [-0.3, -0.25) is 19.2 Å². The lowest BCUT2D eigenvalue weighted by Crippen LogP contribution is -2.67. The van der Waals surface area contributed by atoms with E-state index in [4.69, 9.17) is 37.9 Å². The fourth-order valence-electron chi connectivity index (χ4n) is 5.87. The van der Waals surface area contributed by atoms with Crippen molar-refractivity contribution in [2.75, 3.05) is 7.11 Å². The zero-order valence-corrected chi connectivity index (χ0v) is 29.9. The molecule has 0 N–H and O–H groups in total. The van der Waals surface area contributed by atoms with E-state index >= 15 is 0 Å². The highest BCUT2D eigenvalue weighted by Gasteiger charge is 2.55. The van der Waals surface area contributed by atoms with Crippen LogP contribution in [0.2, 0.25) is 0 Å². The van der Waals surface area contributed by atoms with Crippen molar-refractivity contribution >= 4 is 41.8 Å². The van der Waals surface area contributed by atoms with Crippen LogP contribution in [0.25, 0.3) is 0 Å². The number of esters is 4. The first-order valence-electron chi connectivity index (χ1n) is 16.7. The normalized spacial score (nSPS) is 23.9. The third-order valence-corrected chi connectivity index (χ3v) is 8.02. The maximum atomic E-state index is 14.0. The third-order valence-electron chi connectivity index (χ3n) is 8.02. The fourth-order valence-corrected chi connectivity index (χ4v) is 5.87. The van der Waals surface area contributed by atoms with Crippen LogP contribution >= 0.6 is 0 Å². The van der Waals surface area contributed by atoms with Crippen molar-refractivity contribution in [1.82, 2.24) is 10.0 Å². The standard InChI is InChI=1S/C36H42N2O15/c1-21(39)18-28-30(49-22(2)40)31(50-23(3)41)32(51-24(4)42)34(52-28)53-29-17-16-27(33(43)46-5)37(35(44)47-19-25-12-8-6-9-13-25)38(29)36(45)48-20-26-14-10-7-11-15-26/h6-15,27-32,34H,16-20H2,1-5H3/t27-,28+,29-,30+,31-,32+,34-/m0/s1. The molecule has 17 nitrogen and oxygen atoms in total. The molecule has 0 radical (unpaired) electrons. The van der Waals surface area contributed by atoms with Crippen LogP contribution in [0.1, 0.15) is 58.1 Å². The molecule has 2 heterocycles. The molecule has 0 unspecified atom stereocenters. The Morgan fingerprint density at radius 3 is 1.64 bits per heavy atom. The maximum absolute atomic E-state index is 14.0. The number of ketones is 1. The second-order valence-corrected chi connectivity index (χ2v) is 12.1. The van der Waals surface area contributed by atoms with Crippen LogP contribution in [0.15, 0.2) is 60.7 Å². The lowest BCUT2D eigenvalue weighted by Gasteiger charge is -2.48. The largest absolute Gasteiger partial charge is 0.467 e. The van der Waals surface area contributed by atoms with Crippen LogP contribution in [0.3, 0.4) is 0 Å². The van der Waals surface area contributed by atoms with E-state index in [0.717, 1.165) is 37.9 Å². The molecule has 0 aliphatic carbocycles. The molecule has 2 aliphatic rings. The van der Waals surface area contributed by atoms with Crippen LogP contribution in [-0.4, -0.2) is 102 Å². The average molecular weight is 743 g/mol. The van der Waals surface area contributed by atoms with Gasteiger partial charge in [0.1, 0.15) is 25.1 Å². The molecule has 2 amide bonds. The number of rotatable bonds is 12. The Kier molecular flexibility index (Phi) is 14.3. The Labute approximate surface area is 305 Å². The van der Waals surface area contributed by atoms with E-state index in [1.165, 1.54) is 6.92 Å². The van der Waals surface area contributed by atoms with Gasteiger partial charge in [0.2, 0.25) is 6.29 Å². The summed E-state index contributed by atoms with van der Waals surface area (Å²) in [5, 5.41) is 1.45. The summed E-state index contributed by atoms with van der Waals surface area (Å²) in [5.74, 6) is -3.84. The van der Waals surface area contributed by atoms with Gasteiger partial charge in [-0.2, -0.15) is 10.0 Å². The van der Waals surface area contributed by atoms with Crippen molar-refractivity contribution in [3.63, 3.8) is 0 Å². The van der Waals surface area contributed by atoms with Gasteiger partial charge in [-0.15, -0.1) is 0 Å². The highest BCUT2D eigenvalue weighted by molar-refractivity contribution is 5.83. The molecule has 0 spiro atoms. The molecule has 2 saturated heterocycles. The minimum absolute atomic E-state index is 0.133. The number of hydrogen-bond acceptors (Lipinski definition) is 15. The predicted molar refractivity (Wildman–Crippen MR) is 177 cm³/mol. The van der Waals surface area contributed by atoms with E-state index in [0.29, 0.717) is 11.1 Å². The van der Waals surface area contributed by atoms with Crippen molar-refractivity contribution in [1.29, 1.82) is 0 Å². The number of carbonyl (C=O) groups excluding carboxylic acids is 7. The number of Topliss-reactive ketones (excluding diaryl/α,β-unsaturated/α-hetero) is 1. The van der Waals surface area contributed by atoms with Gasteiger partial charge in [0, 0.05) is 27.2 Å². The maximum Gasteiger partial charge on any atom is 0.431 e. The van der Waals surface area contributed by atoms with Gasteiger partial charge in [0.25, 0.3) is 0 Å². The Morgan fingerprint density at radius 1 is 0.660 bits per heavy atom. The molecular formula is C36H42N2O15. The summed E-state index contributed by atoms with van der Waals surface area (Å²) in [6, 6.07) is 15.9. The predicted octanol–water partition coefficient (Wildman–Crippen LogP) is 3.36. The number of ether oxygens (including phenoxy) is 8. The second kappa shape index (κ2) is 18.8. The van der Waals surface area contributed by atoms with Crippen LogP contribution in [0.5, 0.6) is 0 Å². The van der Waals surface area contributed by atoms with Gasteiger partial charge >= 0.3 is 36.1 Å². The van der Waals surface area contributed by atoms with Gasteiger partial charge in [0.05, 0.1) is 7.11 Å². The summed E-state index contributed by atoms with van der Waals surface area (Å²) in [4.78, 5) is 90.2. The first kappa shape index (κ1) is 40.2.